The Labute approximate surface area is 195 Å². The average Bonchev–Trinajstić information content (AvgIpc) is 2.65. The molecule has 0 atom stereocenters. The van der Waals surface area contributed by atoms with Crippen LogP contribution in [0.4, 0.5) is 5.69 Å². The molecule has 0 radical (unpaired) electrons. The van der Waals surface area contributed by atoms with Crippen molar-refractivity contribution in [3.05, 3.63) is 87.3 Å². The van der Waals surface area contributed by atoms with Crippen molar-refractivity contribution >= 4 is 5.69 Å². The van der Waals surface area contributed by atoms with Crippen LogP contribution in [-0.4, -0.2) is 0 Å². The van der Waals surface area contributed by atoms with Crippen LogP contribution in [0.3, 0.4) is 0 Å². The summed E-state index contributed by atoms with van der Waals surface area (Å²) in [6.45, 7) is 30.3. The first kappa shape index (κ1) is 23.8. The van der Waals surface area contributed by atoms with Crippen molar-refractivity contribution in [3.8, 4) is 22.3 Å². The number of para-hydroxylation sites is 1. The summed E-state index contributed by atoms with van der Waals surface area (Å²) in [5.74, 6) is 0. The molecule has 32 heavy (non-hydrogen) atoms. The molecular weight excluding hydrogens is 386 g/mol. The number of aryl methyl sites for hydroxylation is 4. The van der Waals surface area contributed by atoms with E-state index in [9.17, 15) is 0 Å². The summed E-state index contributed by atoms with van der Waals surface area (Å²) in [6, 6.07) is 15.5. The molecule has 0 amide bonds. The first-order valence-electron chi connectivity index (χ1n) is 11.5. The zero-order valence-electron chi connectivity index (χ0n) is 21.5. The molecule has 0 heterocycles. The van der Waals surface area contributed by atoms with Gasteiger partial charge in [0.2, 0.25) is 5.69 Å². The van der Waals surface area contributed by atoms with Gasteiger partial charge in [0.1, 0.15) is 0 Å². The molecule has 0 aliphatic carbocycles. The first-order valence-corrected chi connectivity index (χ1v) is 11.5. The van der Waals surface area contributed by atoms with Crippen molar-refractivity contribution in [1.29, 1.82) is 0 Å². The molecule has 0 spiro atoms. The fourth-order valence-corrected chi connectivity index (χ4v) is 4.71. The molecular formula is C31H37N. The molecule has 0 saturated carbocycles. The van der Waals surface area contributed by atoms with Gasteiger partial charge in [0.15, 0.2) is 0 Å². The monoisotopic (exact) mass is 423 g/mol. The zero-order chi connectivity index (χ0) is 24.0. The van der Waals surface area contributed by atoms with E-state index < -0.39 is 0 Å². The molecule has 0 aromatic heterocycles. The van der Waals surface area contributed by atoms with Crippen LogP contribution in [0.25, 0.3) is 27.1 Å². The Morgan fingerprint density at radius 3 is 1.16 bits per heavy atom. The molecule has 1 nitrogen and oxygen atoms in total. The minimum Gasteiger partial charge on any atom is -0.237 e. The van der Waals surface area contributed by atoms with E-state index in [1.807, 2.05) is 0 Å². The quantitative estimate of drug-likeness (QED) is 0.362. The second-order valence-electron chi connectivity index (χ2n) is 11.3. The summed E-state index contributed by atoms with van der Waals surface area (Å²) in [6.07, 6.45) is 0. The lowest BCUT2D eigenvalue weighted by atomic mass is 9.81. The standard InChI is InChI=1S/C31H37N/c1-19-15-23(30(5,6)7)16-20(2)27(19)25-13-12-14-26(29(25)32-11)28-21(3)17-24(18-22(28)4)31(8,9)10/h12-18H,1-10H3. The van der Waals surface area contributed by atoms with E-state index in [0.29, 0.717) is 0 Å². The van der Waals surface area contributed by atoms with Crippen LogP contribution in [0, 0.1) is 34.3 Å². The third-order valence-electron chi connectivity index (χ3n) is 6.48. The van der Waals surface area contributed by atoms with E-state index in [2.05, 4.69) is 117 Å². The van der Waals surface area contributed by atoms with Crippen LogP contribution in [0.2, 0.25) is 0 Å². The second kappa shape index (κ2) is 8.25. The highest BCUT2D eigenvalue weighted by molar-refractivity contribution is 5.94. The number of benzene rings is 3. The molecule has 0 N–H and O–H groups in total. The SMILES string of the molecule is [C-]#[N+]c1c(-c2c(C)cc(C(C)(C)C)cc2C)cccc1-c1c(C)cc(C(C)(C)C)cc1C. The first-order chi connectivity index (χ1) is 14.8. The molecule has 0 aliphatic heterocycles. The maximum Gasteiger partial charge on any atom is 0.202 e. The number of rotatable bonds is 2. The van der Waals surface area contributed by atoms with E-state index >= 15 is 0 Å². The van der Waals surface area contributed by atoms with E-state index in [-0.39, 0.29) is 10.8 Å². The highest BCUT2D eigenvalue weighted by Crippen LogP contribution is 2.44. The Morgan fingerprint density at radius 1 is 0.594 bits per heavy atom. The Hall–Kier alpha value is -2.85. The molecule has 0 unspecified atom stereocenters. The van der Waals surface area contributed by atoms with Gasteiger partial charge in [0.05, 0.1) is 6.57 Å². The van der Waals surface area contributed by atoms with Crippen LogP contribution >= 0.6 is 0 Å². The van der Waals surface area contributed by atoms with Gasteiger partial charge in [0.25, 0.3) is 0 Å². The predicted octanol–water partition coefficient (Wildman–Crippen LogP) is 9.40. The second-order valence-corrected chi connectivity index (χ2v) is 11.3. The lowest BCUT2D eigenvalue weighted by molar-refractivity contribution is 0.589. The number of hydrogen-bond acceptors (Lipinski definition) is 0. The largest absolute Gasteiger partial charge is 0.237 e. The summed E-state index contributed by atoms with van der Waals surface area (Å²) in [5, 5.41) is 0. The van der Waals surface area contributed by atoms with Gasteiger partial charge in [0, 0.05) is 0 Å². The maximum atomic E-state index is 8.11. The molecule has 0 saturated heterocycles. The molecule has 166 valence electrons. The Morgan fingerprint density at radius 2 is 0.906 bits per heavy atom. The molecule has 3 aromatic carbocycles. The molecule has 0 fully saturated rings. The van der Waals surface area contributed by atoms with Crippen LogP contribution in [-0.2, 0) is 10.8 Å². The van der Waals surface area contributed by atoms with Gasteiger partial charge in [-0.15, -0.1) is 0 Å². The van der Waals surface area contributed by atoms with Gasteiger partial charge in [-0.25, -0.2) is 4.85 Å². The van der Waals surface area contributed by atoms with E-state index in [4.69, 9.17) is 6.57 Å². The molecule has 1 heteroatoms. The number of nitrogens with zero attached hydrogens (tertiary/aromatic N) is 1. The van der Waals surface area contributed by atoms with Gasteiger partial charge in [-0.2, -0.15) is 0 Å². The summed E-state index contributed by atoms with van der Waals surface area (Å²) in [5.41, 5.74) is 13.0. The minimum absolute atomic E-state index is 0.0988. The van der Waals surface area contributed by atoms with Crippen molar-refractivity contribution in [1.82, 2.24) is 0 Å². The zero-order valence-corrected chi connectivity index (χ0v) is 21.5. The van der Waals surface area contributed by atoms with E-state index in [1.54, 1.807) is 0 Å². The van der Waals surface area contributed by atoms with Crippen LogP contribution in [0.15, 0.2) is 42.5 Å². The van der Waals surface area contributed by atoms with Gasteiger partial charge in [-0.3, -0.25) is 0 Å². The van der Waals surface area contributed by atoms with Gasteiger partial charge < -0.3 is 0 Å². The van der Waals surface area contributed by atoms with Crippen LogP contribution < -0.4 is 0 Å². The summed E-state index contributed by atoms with van der Waals surface area (Å²) in [7, 11) is 0. The summed E-state index contributed by atoms with van der Waals surface area (Å²) in [4.78, 5) is 4.08. The fraction of sp³-hybridized carbons (Fsp3) is 0.387. The normalized spacial score (nSPS) is 12.0. The summed E-state index contributed by atoms with van der Waals surface area (Å²) < 4.78 is 0. The smallest absolute Gasteiger partial charge is 0.202 e. The van der Waals surface area contributed by atoms with Crippen molar-refractivity contribution in [3.63, 3.8) is 0 Å². The van der Waals surface area contributed by atoms with Crippen LogP contribution in [0.5, 0.6) is 0 Å². The third-order valence-corrected chi connectivity index (χ3v) is 6.48. The predicted molar refractivity (Wildman–Crippen MR) is 140 cm³/mol. The molecule has 3 aromatic rings. The molecule has 3 rings (SSSR count). The van der Waals surface area contributed by atoms with E-state index in [0.717, 1.165) is 16.8 Å². The van der Waals surface area contributed by atoms with Crippen molar-refractivity contribution in [2.45, 2.75) is 80.1 Å². The third kappa shape index (κ3) is 4.37. The highest BCUT2D eigenvalue weighted by atomic mass is 14.7. The van der Waals surface area contributed by atoms with E-state index in [1.165, 1.54) is 44.5 Å². The Kier molecular flexibility index (Phi) is 6.14. The van der Waals surface area contributed by atoms with Gasteiger partial charge in [-0.05, 0) is 94.2 Å². The Balaban J connectivity index is 2.28. The maximum absolute atomic E-state index is 8.11. The fourth-order valence-electron chi connectivity index (χ4n) is 4.71. The lowest BCUT2D eigenvalue weighted by Gasteiger charge is -2.24. The topological polar surface area (TPSA) is 4.36 Å². The number of hydrogen-bond donors (Lipinski definition) is 0. The minimum atomic E-state index is 0.0988. The van der Waals surface area contributed by atoms with Gasteiger partial charge in [-0.1, -0.05) is 84.0 Å². The van der Waals surface area contributed by atoms with Gasteiger partial charge >= 0.3 is 0 Å². The van der Waals surface area contributed by atoms with Crippen molar-refractivity contribution in [2.24, 2.45) is 0 Å². The van der Waals surface area contributed by atoms with Crippen LogP contribution in [0.1, 0.15) is 74.9 Å². The molecule has 0 aliphatic rings. The Bertz CT molecular complexity index is 1090. The summed E-state index contributed by atoms with van der Waals surface area (Å²) >= 11 is 0. The average molecular weight is 424 g/mol. The van der Waals surface area contributed by atoms with Crippen molar-refractivity contribution < 1.29 is 0 Å². The molecule has 0 bridgehead atoms. The van der Waals surface area contributed by atoms with Crippen molar-refractivity contribution in [2.75, 3.05) is 0 Å². The highest BCUT2D eigenvalue weighted by Gasteiger charge is 2.22. The lowest BCUT2D eigenvalue weighted by Crippen LogP contribution is -2.12.